The molecule has 0 saturated carbocycles. The minimum atomic E-state index is -0.696. The zero-order chi connectivity index (χ0) is 21.7. The first-order valence-electron chi connectivity index (χ1n) is 9.54. The molecular weight excluding hydrogens is 400 g/mol. The highest BCUT2D eigenvalue weighted by Crippen LogP contribution is 2.20. The first kappa shape index (κ1) is 21.4. The third-order valence-corrected chi connectivity index (χ3v) is 5.02. The topological polar surface area (TPSA) is 67.4 Å². The fourth-order valence-electron chi connectivity index (χ4n) is 2.80. The zero-order valence-electron chi connectivity index (χ0n) is 17.0. The Morgan fingerprint density at radius 2 is 1.57 bits per heavy atom. The summed E-state index contributed by atoms with van der Waals surface area (Å²) in [7, 11) is 0. The van der Waals surface area contributed by atoms with Crippen molar-refractivity contribution < 1.29 is 14.3 Å². The van der Waals surface area contributed by atoms with Crippen molar-refractivity contribution in [3.63, 3.8) is 0 Å². The lowest BCUT2D eigenvalue weighted by Crippen LogP contribution is -2.30. The molecule has 0 bridgehead atoms. The lowest BCUT2D eigenvalue weighted by molar-refractivity contribution is -0.122. The van der Waals surface area contributed by atoms with Gasteiger partial charge in [-0.15, -0.1) is 0 Å². The molecule has 154 valence electrons. The number of carbonyl (C=O) groups is 2. The van der Waals surface area contributed by atoms with E-state index in [-0.39, 0.29) is 11.8 Å². The van der Waals surface area contributed by atoms with Crippen LogP contribution in [0.15, 0.2) is 66.7 Å². The van der Waals surface area contributed by atoms with E-state index in [0.29, 0.717) is 22.0 Å². The van der Waals surface area contributed by atoms with E-state index in [2.05, 4.69) is 10.6 Å². The van der Waals surface area contributed by atoms with Crippen LogP contribution in [-0.2, 0) is 4.79 Å². The summed E-state index contributed by atoms with van der Waals surface area (Å²) < 4.78 is 5.73. The fraction of sp³-hybridized carbons (Fsp3) is 0.167. The first-order chi connectivity index (χ1) is 14.3. The lowest BCUT2D eigenvalue weighted by atomic mass is 10.1. The van der Waals surface area contributed by atoms with E-state index < -0.39 is 6.10 Å². The van der Waals surface area contributed by atoms with Gasteiger partial charge in [-0.1, -0.05) is 23.7 Å². The van der Waals surface area contributed by atoms with Crippen molar-refractivity contribution in [2.45, 2.75) is 26.9 Å². The number of halogens is 1. The Morgan fingerprint density at radius 3 is 2.23 bits per heavy atom. The number of amides is 2. The number of ether oxygens (including phenoxy) is 1. The van der Waals surface area contributed by atoms with Crippen molar-refractivity contribution in [3.05, 3.63) is 88.4 Å². The molecule has 1 unspecified atom stereocenters. The summed E-state index contributed by atoms with van der Waals surface area (Å²) in [4.78, 5) is 24.8. The second-order valence-corrected chi connectivity index (χ2v) is 7.42. The predicted octanol–water partition coefficient (Wildman–Crippen LogP) is 5.62. The van der Waals surface area contributed by atoms with Crippen molar-refractivity contribution in [3.8, 4) is 5.75 Å². The molecule has 0 radical (unpaired) electrons. The maximum atomic E-state index is 12.5. The Hall–Kier alpha value is -3.31. The molecule has 2 amide bonds. The van der Waals surface area contributed by atoms with Crippen molar-refractivity contribution in [2.24, 2.45) is 0 Å². The number of hydrogen-bond donors (Lipinski definition) is 2. The molecule has 3 aromatic rings. The average molecular weight is 423 g/mol. The molecule has 0 aliphatic carbocycles. The summed E-state index contributed by atoms with van der Waals surface area (Å²) in [6.07, 6.45) is -0.696. The van der Waals surface area contributed by atoms with Crippen LogP contribution in [0.3, 0.4) is 0 Å². The molecule has 3 aromatic carbocycles. The van der Waals surface area contributed by atoms with E-state index >= 15 is 0 Å². The number of hydrogen-bond acceptors (Lipinski definition) is 3. The number of carbonyl (C=O) groups excluding carboxylic acids is 2. The normalized spacial score (nSPS) is 11.5. The highest BCUT2D eigenvalue weighted by Gasteiger charge is 2.16. The average Bonchev–Trinajstić information content (AvgIpc) is 2.73. The van der Waals surface area contributed by atoms with Crippen LogP contribution in [0.5, 0.6) is 5.75 Å². The van der Waals surface area contributed by atoms with Gasteiger partial charge < -0.3 is 15.4 Å². The molecule has 6 heteroatoms. The fourth-order valence-corrected chi connectivity index (χ4v) is 2.93. The molecule has 0 aliphatic heterocycles. The van der Waals surface area contributed by atoms with Gasteiger partial charge in [0.05, 0.1) is 0 Å². The van der Waals surface area contributed by atoms with E-state index in [1.54, 1.807) is 55.5 Å². The van der Waals surface area contributed by atoms with Gasteiger partial charge in [0, 0.05) is 22.0 Å². The third-order valence-electron chi connectivity index (χ3n) is 4.76. The summed E-state index contributed by atoms with van der Waals surface area (Å²) >= 11 is 5.85. The summed E-state index contributed by atoms with van der Waals surface area (Å²) in [6, 6.07) is 19.3. The van der Waals surface area contributed by atoms with Gasteiger partial charge in [-0.3, -0.25) is 9.59 Å². The van der Waals surface area contributed by atoms with Gasteiger partial charge in [0.25, 0.3) is 11.8 Å². The number of aryl methyl sites for hydroxylation is 1. The van der Waals surface area contributed by atoms with Crippen LogP contribution in [0, 0.1) is 13.8 Å². The Bertz CT molecular complexity index is 1050. The van der Waals surface area contributed by atoms with E-state index in [4.69, 9.17) is 16.3 Å². The third kappa shape index (κ3) is 5.39. The van der Waals surface area contributed by atoms with Crippen LogP contribution < -0.4 is 15.4 Å². The quantitative estimate of drug-likeness (QED) is 0.542. The molecule has 0 spiro atoms. The van der Waals surface area contributed by atoms with Crippen molar-refractivity contribution in [2.75, 3.05) is 10.6 Å². The van der Waals surface area contributed by atoms with Crippen LogP contribution in [-0.4, -0.2) is 17.9 Å². The van der Waals surface area contributed by atoms with Crippen LogP contribution in [0.4, 0.5) is 11.4 Å². The Labute approximate surface area is 181 Å². The largest absolute Gasteiger partial charge is 0.481 e. The Balaban J connectivity index is 1.59. The summed E-state index contributed by atoms with van der Waals surface area (Å²) in [5.74, 6) is 0.0134. The summed E-state index contributed by atoms with van der Waals surface area (Å²) in [6.45, 7) is 5.64. The molecule has 0 aromatic heterocycles. The van der Waals surface area contributed by atoms with Crippen LogP contribution in [0.2, 0.25) is 5.02 Å². The lowest BCUT2D eigenvalue weighted by Gasteiger charge is -2.16. The van der Waals surface area contributed by atoms with Crippen molar-refractivity contribution in [1.29, 1.82) is 0 Å². The van der Waals surface area contributed by atoms with Crippen molar-refractivity contribution >= 4 is 34.8 Å². The van der Waals surface area contributed by atoms with E-state index in [1.165, 1.54) is 0 Å². The molecule has 30 heavy (non-hydrogen) atoms. The van der Waals surface area contributed by atoms with Crippen LogP contribution in [0.1, 0.15) is 28.4 Å². The molecular formula is C24H23ClN2O3. The molecule has 0 heterocycles. The van der Waals surface area contributed by atoms with Crippen LogP contribution in [0.25, 0.3) is 0 Å². The van der Waals surface area contributed by atoms with Gasteiger partial charge in [-0.2, -0.15) is 0 Å². The second-order valence-electron chi connectivity index (χ2n) is 6.98. The molecule has 3 rings (SSSR count). The van der Waals surface area contributed by atoms with Gasteiger partial charge >= 0.3 is 0 Å². The highest BCUT2D eigenvalue weighted by atomic mass is 35.5. The Kier molecular flexibility index (Phi) is 6.75. The smallest absolute Gasteiger partial charge is 0.265 e. The van der Waals surface area contributed by atoms with Gasteiger partial charge in [-0.05, 0) is 86.5 Å². The summed E-state index contributed by atoms with van der Waals surface area (Å²) in [5, 5.41) is 6.29. The number of anilines is 2. The molecule has 1 atom stereocenters. The first-order valence-corrected chi connectivity index (χ1v) is 9.92. The number of benzene rings is 3. The van der Waals surface area contributed by atoms with E-state index in [1.807, 2.05) is 32.0 Å². The zero-order valence-corrected chi connectivity index (χ0v) is 17.8. The standard InChI is InChI=1S/C24H23ClN2O3/c1-15-5-4-6-22(16(15)2)27-23(28)17(3)30-21-13-7-18(8-14-21)24(29)26-20-11-9-19(25)10-12-20/h4-14,17H,1-3H3,(H,26,29)(H,27,28). The van der Waals surface area contributed by atoms with Gasteiger partial charge in [0.15, 0.2) is 6.10 Å². The maximum Gasteiger partial charge on any atom is 0.265 e. The monoisotopic (exact) mass is 422 g/mol. The number of nitrogens with one attached hydrogen (secondary N) is 2. The molecule has 0 fully saturated rings. The van der Waals surface area contributed by atoms with Crippen LogP contribution >= 0.6 is 11.6 Å². The van der Waals surface area contributed by atoms with Gasteiger partial charge in [-0.25, -0.2) is 0 Å². The second kappa shape index (κ2) is 9.46. The van der Waals surface area contributed by atoms with E-state index in [9.17, 15) is 9.59 Å². The molecule has 5 nitrogen and oxygen atoms in total. The molecule has 0 saturated heterocycles. The number of rotatable bonds is 6. The minimum absolute atomic E-state index is 0.242. The highest BCUT2D eigenvalue weighted by molar-refractivity contribution is 6.30. The SMILES string of the molecule is Cc1cccc(NC(=O)C(C)Oc2ccc(C(=O)Nc3ccc(Cl)cc3)cc2)c1C. The van der Waals surface area contributed by atoms with Gasteiger partial charge in [0.2, 0.25) is 0 Å². The van der Waals surface area contributed by atoms with Crippen molar-refractivity contribution in [1.82, 2.24) is 0 Å². The van der Waals surface area contributed by atoms with Gasteiger partial charge in [0.1, 0.15) is 5.75 Å². The van der Waals surface area contributed by atoms with E-state index in [0.717, 1.165) is 16.8 Å². The molecule has 0 aliphatic rings. The maximum absolute atomic E-state index is 12.5. The molecule has 2 N–H and O–H groups in total. The summed E-state index contributed by atoms with van der Waals surface area (Å²) in [5.41, 5.74) is 4.03. The Morgan fingerprint density at radius 1 is 0.900 bits per heavy atom. The minimum Gasteiger partial charge on any atom is -0.481 e. The predicted molar refractivity (Wildman–Crippen MR) is 120 cm³/mol.